The van der Waals surface area contributed by atoms with E-state index >= 15 is 0 Å². The highest BCUT2D eigenvalue weighted by Gasteiger charge is 2.20. The maximum atomic E-state index is 11.4. The molecule has 0 fully saturated rings. The number of carbonyl (C=O) groups is 1. The molecule has 2 aromatic rings. The average molecular weight is 222 g/mol. The van der Waals surface area contributed by atoms with Gasteiger partial charge in [0.05, 0.1) is 18.9 Å². The molecule has 0 saturated heterocycles. The van der Waals surface area contributed by atoms with Crippen LogP contribution in [0.15, 0.2) is 16.8 Å². The van der Waals surface area contributed by atoms with Crippen LogP contribution < -0.4 is 5.73 Å². The Balaban J connectivity index is 2.52. The Bertz CT molecular complexity index is 529. The lowest BCUT2D eigenvalue weighted by Gasteiger charge is -1.95. The third-order valence-corrected chi connectivity index (χ3v) is 2.00. The molecule has 0 bridgehead atoms. The zero-order valence-corrected chi connectivity index (χ0v) is 8.80. The summed E-state index contributed by atoms with van der Waals surface area (Å²) in [5, 5.41) is 3.98. The smallest absolute Gasteiger partial charge is 0.359 e. The summed E-state index contributed by atoms with van der Waals surface area (Å²) in [5.74, 6) is -0.156. The number of carbonyl (C=O) groups excluding carboxylic acids is 1. The maximum absolute atomic E-state index is 11.4. The zero-order valence-electron chi connectivity index (χ0n) is 8.80. The van der Waals surface area contributed by atoms with Gasteiger partial charge in [-0.1, -0.05) is 0 Å². The maximum Gasteiger partial charge on any atom is 0.359 e. The molecule has 0 aliphatic heterocycles. The van der Waals surface area contributed by atoms with E-state index in [4.69, 9.17) is 10.2 Å². The predicted octanol–water partition coefficient (Wildman–Crippen LogP) is 0.444. The first-order valence-corrected chi connectivity index (χ1v) is 4.45. The highest BCUT2D eigenvalue weighted by molar-refractivity contribution is 5.94. The first-order valence-electron chi connectivity index (χ1n) is 4.45. The molecule has 0 spiro atoms. The molecule has 2 aromatic heterocycles. The van der Waals surface area contributed by atoms with E-state index in [9.17, 15) is 4.79 Å². The fourth-order valence-electron chi connectivity index (χ4n) is 1.33. The van der Waals surface area contributed by atoms with Crippen LogP contribution in [0.3, 0.4) is 0 Å². The van der Waals surface area contributed by atoms with Crippen LogP contribution in [0, 0.1) is 0 Å². The van der Waals surface area contributed by atoms with Gasteiger partial charge in [0.25, 0.3) is 6.01 Å². The van der Waals surface area contributed by atoms with Crippen molar-refractivity contribution in [2.45, 2.75) is 0 Å². The van der Waals surface area contributed by atoms with E-state index in [2.05, 4.69) is 14.8 Å². The number of hydrogen-bond acceptors (Lipinski definition) is 6. The molecule has 2 heterocycles. The van der Waals surface area contributed by atoms with Crippen molar-refractivity contribution in [3.05, 3.63) is 18.1 Å². The second-order valence-corrected chi connectivity index (χ2v) is 3.12. The Morgan fingerprint density at radius 2 is 2.38 bits per heavy atom. The molecule has 0 radical (unpaired) electrons. The number of nitrogens with zero attached hydrogens (tertiary/aromatic N) is 3. The number of esters is 1. The van der Waals surface area contributed by atoms with Crippen LogP contribution in [0.4, 0.5) is 6.01 Å². The molecule has 7 nitrogen and oxygen atoms in total. The van der Waals surface area contributed by atoms with Crippen molar-refractivity contribution in [1.29, 1.82) is 0 Å². The highest BCUT2D eigenvalue weighted by Crippen LogP contribution is 2.24. The molecule has 0 saturated carbocycles. The summed E-state index contributed by atoms with van der Waals surface area (Å²) < 4.78 is 11.2. The number of nitrogen functional groups attached to an aromatic ring is 1. The van der Waals surface area contributed by atoms with Gasteiger partial charge in [-0.05, 0) is 0 Å². The van der Waals surface area contributed by atoms with E-state index in [0.29, 0.717) is 11.3 Å². The summed E-state index contributed by atoms with van der Waals surface area (Å²) in [4.78, 5) is 15.2. The van der Waals surface area contributed by atoms with E-state index in [0.717, 1.165) is 0 Å². The monoisotopic (exact) mass is 222 g/mol. The number of anilines is 1. The summed E-state index contributed by atoms with van der Waals surface area (Å²) in [6.07, 6.45) is 3.06. The number of methoxy groups -OCH3 is 1. The van der Waals surface area contributed by atoms with Gasteiger partial charge in [0.2, 0.25) is 0 Å². The summed E-state index contributed by atoms with van der Waals surface area (Å²) >= 11 is 0. The van der Waals surface area contributed by atoms with E-state index in [1.807, 2.05) is 0 Å². The number of oxazole rings is 1. The first-order chi connectivity index (χ1) is 7.61. The molecule has 2 N–H and O–H groups in total. The molecule has 2 rings (SSSR count). The van der Waals surface area contributed by atoms with E-state index in [1.165, 1.54) is 18.0 Å². The van der Waals surface area contributed by atoms with Gasteiger partial charge >= 0.3 is 5.97 Å². The van der Waals surface area contributed by atoms with E-state index < -0.39 is 5.97 Å². The number of nitrogens with two attached hydrogens (primary N) is 1. The number of rotatable bonds is 2. The Morgan fingerprint density at radius 3 is 2.94 bits per heavy atom. The lowest BCUT2D eigenvalue weighted by atomic mass is 10.2. The number of hydrogen-bond donors (Lipinski definition) is 1. The van der Waals surface area contributed by atoms with Crippen molar-refractivity contribution < 1.29 is 13.9 Å². The molecule has 0 aliphatic carbocycles. The van der Waals surface area contributed by atoms with Crippen molar-refractivity contribution in [1.82, 2.24) is 14.8 Å². The van der Waals surface area contributed by atoms with Crippen LogP contribution in [0.2, 0.25) is 0 Å². The number of aromatic nitrogens is 3. The van der Waals surface area contributed by atoms with E-state index in [1.54, 1.807) is 13.2 Å². The molecule has 0 aliphatic rings. The van der Waals surface area contributed by atoms with Crippen molar-refractivity contribution >= 4 is 12.0 Å². The number of ether oxygens (including phenoxy) is 1. The summed E-state index contributed by atoms with van der Waals surface area (Å²) in [6, 6.07) is 0.0367. The Hall–Kier alpha value is -2.31. The van der Waals surface area contributed by atoms with Gasteiger partial charge in [-0.2, -0.15) is 5.10 Å². The summed E-state index contributed by atoms with van der Waals surface area (Å²) in [6.45, 7) is 0. The molecular weight excluding hydrogens is 212 g/mol. The van der Waals surface area contributed by atoms with Crippen molar-refractivity contribution in [3.8, 4) is 11.3 Å². The molecule has 0 unspecified atom stereocenters. The average Bonchev–Trinajstić information content (AvgIpc) is 2.83. The summed E-state index contributed by atoms with van der Waals surface area (Å²) in [5.41, 5.74) is 6.03. The second-order valence-electron chi connectivity index (χ2n) is 3.12. The third kappa shape index (κ3) is 1.62. The Kier molecular flexibility index (Phi) is 2.35. The minimum absolute atomic E-state index is 0.0367. The second kappa shape index (κ2) is 3.69. The predicted molar refractivity (Wildman–Crippen MR) is 54.5 cm³/mol. The van der Waals surface area contributed by atoms with Crippen LogP contribution >= 0.6 is 0 Å². The Labute approximate surface area is 90.8 Å². The number of aryl methyl sites for hydroxylation is 1. The standard InChI is InChI=1S/C9H10N4O3/c1-13-4-5(6-3-11-9(10)16-6)7(12-13)8(14)15-2/h3-4H,1-2H3,(H2,10,11). The van der Waals surface area contributed by atoms with Crippen molar-refractivity contribution in [2.75, 3.05) is 12.8 Å². The van der Waals surface area contributed by atoms with Crippen LogP contribution in [0.5, 0.6) is 0 Å². The van der Waals surface area contributed by atoms with Crippen LogP contribution in [0.1, 0.15) is 10.5 Å². The minimum atomic E-state index is -0.537. The van der Waals surface area contributed by atoms with Crippen LogP contribution in [0.25, 0.3) is 11.3 Å². The largest absolute Gasteiger partial charge is 0.464 e. The normalized spacial score (nSPS) is 10.4. The molecular formula is C9H10N4O3. The molecule has 16 heavy (non-hydrogen) atoms. The minimum Gasteiger partial charge on any atom is -0.464 e. The van der Waals surface area contributed by atoms with Crippen molar-refractivity contribution in [3.63, 3.8) is 0 Å². The van der Waals surface area contributed by atoms with Gasteiger partial charge in [0, 0.05) is 13.2 Å². The quantitative estimate of drug-likeness (QED) is 0.741. The van der Waals surface area contributed by atoms with Gasteiger partial charge in [-0.25, -0.2) is 9.78 Å². The topological polar surface area (TPSA) is 96.2 Å². The molecule has 0 aromatic carbocycles. The van der Waals surface area contributed by atoms with Gasteiger partial charge in [0.1, 0.15) is 0 Å². The fourth-order valence-corrected chi connectivity index (χ4v) is 1.33. The summed E-state index contributed by atoms with van der Waals surface area (Å²) in [7, 11) is 2.98. The van der Waals surface area contributed by atoms with Gasteiger partial charge < -0.3 is 14.9 Å². The molecule has 84 valence electrons. The van der Waals surface area contributed by atoms with Crippen LogP contribution in [-0.4, -0.2) is 27.8 Å². The first kappa shape index (κ1) is 10.2. The van der Waals surface area contributed by atoms with Gasteiger partial charge in [-0.15, -0.1) is 0 Å². The van der Waals surface area contributed by atoms with Gasteiger partial charge in [0.15, 0.2) is 11.5 Å². The third-order valence-electron chi connectivity index (χ3n) is 2.00. The fraction of sp³-hybridized carbons (Fsp3) is 0.222. The van der Waals surface area contributed by atoms with Crippen LogP contribution in [-0.2, 0) is 11.8 Å². The van der Waals surface area contributed by atoms with Gasteiger partial charge in [-0.3, -0.25) is 4.68 Å². The molecule has 0 amide bonds. The Morgan fingerprint density at radius 1 is 1.62 bits per heavy atom. The molecule has 7 heteroatoms. The van der Waals surface area contributed by atoms with E-state index in [-0.39, 0.29) is 11.7 Å². The highest BCUT2D eigenvalue weighted by atomic mass is 16.5. The lowest BCUT2D eigenvalue weighted by Crippen LogP contribution is -2.04. The van der Waals surface area contributed by atoms with Crippen molar-refractivity contribution in [2.24, 2.45) is 7.05 Å². The molecule has 0 atom stereocenters. The zero-order chi connectivity index (χ0) is 11.7. The lowest BCUT2D eigenvalue weighted by molar-refractivity contribution is 0.0594. The SMILES string of the molecule is COC(=O)c1nn(C)cc1-c1cnc(N)o1.